The highest BCUT2D eigenvalue weighted by atomic mass is 19.1. The SMILES string of the molecule is N#Cc1ccc(Nc2cc(Nc3c(F)cccc3F)ncn2)cc1. The minimum atomic E-state index is -0.713. The van der Waals surface area contributed by atoms with Crippen LogP contribution in [-0.2, 0) is 0 Å². The van der Waals surface area contributed by atoms with Crippen LogP contribution in [-0.4, -0.2) is 9.97 Å². The number of nitrogens with one attached hydrogen (secondary N) is 2. The quantitative estimate of drug-likeness (QED) is 0.756. The molecule has 7 heteroatoms. The Morgan fingerprint density at radius 1 is 0.875 bits per heavy atom. The topological polar surface area (TPSA) is 73.6 Å². The molecule has 118 valence electrons. The first-order valence-corrected chi connectivity index (χ1v) is 6.96. The third-order valence-corrected chi connectivity index (χ3v) is 3.17. The van der Waals surface area contributed by atoms with Crippen LogP contribution >= 0.6 is 0 Å². The predicted molar refractivity (Wildman–Crippen MR) is 86.1 cm³/mol. The molecule has 1 heterocycles. The van der Waals surface area contributed by atoms with Crippen LogP contribution in [0, 0.1) is 23.0 Å². The molecule has 1 aromatic heterocycles. The lowest BCUT2D eigenvalue weighted by Gasteiger charge is -2.10. The molecule has 24 heavy (non-hydrogen) atoms. The molecule has 0 spiro atoms. The number of benzene rings is 2. The van der Waals surface area contributed by atoms with Gasteiger partial charge >= 0.3 is 0 Å². The van der Waals surface area contributed by atoms with Crippen molar-refractivity contribution >= 4 is 23.0 Å². The van der Waals surface area contributed by atoms with Crippen LogP contribution in [0.4, 0.5) is 31.8 Å². The van der Waals surface area contributed by atoms with Crippen molar-refractivity contribution in [3.8, 4) is 6.07 Å². The van der Waals surface area contributed by atoms with Crippen molar-refractivity contribution in [2.24, 2.45) is 0 Å². The van der Waals surface area contributed by atoms with Crippen LogP contribution in [0.25, 0.3) is 0 Å². The van der Waals surface area contributed by atoms with Crippen molar-refractivity contribution in [2.75, 3.05) is 10.6 Å². The average molecular weight is 323 g/mol. The second-order valence-electron chi connectivity index (χ2n) is 4.82. The smallest absolute Gasteiger partial charge is 0.149 e. The van der Waals surface area contributed by atoms with Gasteiger partial charge in [0.25, 0.3) is 0 Å². The fourth-order valence-electron chi connectivity index (χ4n) is 2.02. The van der Waals surface area contributed by atoms with Gasteiger partial charge in [0.2, 0.25) is 0 Å². The van der Waals surface area contributed by atoms with E-state index in [2.05, 4.69) is 20.6 Å². The average Bonchev–Trinajstić information content (AvgIpc) is 2.59. The number of hydrogen-bond donors (Lipinski definition) is 2. The molecular formula is C17H11F2N5. The van der Waals surface area contributed by atoms with Crippen LogP contribution in [0.15, 0.2) is 54.9 Å². The van der Waals surface area contributed by atoms with Gasteiger partial charge in [0.15, 0.2) is 0 Å². The second kappa shape index (κ2) is 6.71. The number of aromatic nitrogens is 2. The van der Waals surface area contributed by atoms with Crippen molar-refractivity contribution in [3.05, 3.63) is 72.1 Å². The summed E-state index contributed by atoms with van der Waals surface area (Å²) in [5.74, 6) is -0.746. The van der Waals surface area contributed by atoms with Gasteiger partial charge in [-0.2, -0.15) is 5.26 Å². The maximum atomic E-state index is 13.7. The third-order valence-electron chi connectivity index (χ3n) is 3.17. The molecule has 2 N–H and O–H groups in total. The highest BCUT2D eigenvalue weighted by molar-refractivity contribution is 5.63. The number of nitrogens with zero attached hydrogens (tertiary/aromatic N) is 3. The molecule has 0 amide bonds. The van der Waals surface area contributed by atoms with Gasteiger partial charge in [-0.25, -0.2) is 18.7 Å². The van der Waals surface area contributed by atoms with Gasteiger partial charge in [0, 0.05) is 11.8 Å². The molecule has 3 rings (SSSR count). The zero-order valence-corrected chi connectivity index (χ0v) is 12.3. The molecule has 0 saturated heterocycles. The molecule has 0 saturated carbocycles. The van der Waals surface area contributed by atoms with Gasteiger partial charge in [-0.3, -0.25) is 0 Å². The molecule has 0 aliphatic heterocycles. The Morgan fingerprint density at radius 2 is 1.50 bits per heavy atom. The minimum absolute atomic E-state index is 0.241. The van der Waals surface area contributed by atoms with E-state index in [-0.39, 0.29) is 11.5 Å². The molecule has 0 radical (unpaired) electrons. The van der Waals surface area contributed by atoms with E-state index in [0.717, 1.165) is 17.8 Å². The number of para-hydroxylation sites is 1. The molecule has 0 bridgehead atoms. The summed E-state index contributed by atoms with van der Waals surface area (Å²) >= 11 is 0. The Bertz CT molecular complexity index is 883. The summed E-state index contributed by atoms with van der Waals surface area (Å²) in [7, 11) is 0. The summed E-state index contributed by atoms with van der Waals surface area (Å²) in [6.07, 6.45) is 1.27. The Labute approximate surface area is 136 Å². The van der Waals surface area contributed by atoms with Gasteiger partial charge < -0.3 is 10.6 Å². The lowest BCUT2D eigenvalue weighted by molar-refractivity contribution is 0.590. The summed E-state index contributed by atoms with van der Waals surface area (Å²) < 4.78 is 27.3. The number of rotatable bonds is 4. The molecule has 0 unspecified atom stereocenters. The second-order valence-corrected chi connectivity index (χ2v) is 4.82. The molecule has 0 aliphatic rings. The first kappa shape index (κ1) is 15.4. The van der Waals surface area contributed by atoms with Gasteiger partial charge in [-0.15, -0.1) is 0 Å². The highest BCUT2D eigenvalue weighted by Gasteiger charge is 2.09. The van der Waals surface area contributed by atoms with Crippen molar-refractivity contribution in [1.29, 1.82) is 5.26 Å². The first-order valence-electron chi connectivity index (χ1n) is 6.96. The van der Waals surface area contributed by atoms with E-state index < -0.39 is 11.6 Å². The van der Waals surface area contributed by atoms with Gasteiger partial charge in [-0.05, 0) is 36.4 Å². The normalized spacial score (nSPS) is 10.0. The maximum Gasteiger partial charge on any atom is 0.149 e. The Hall–Kier alpha value is -3.53. The summed E-state index contributed by atoms with van der Waals surface area (Å²) in [6.45, 7) is 0. The lowest BCUT2D eigenvalue weighted by Crippen LogP contribution is -2.01. The van der Waals surface area contributed by atoms with E-state index in [4.69, 9.17) is 5.26 Å². The fraction of sp³-hybridized carbons (Fsp3) is 0. The van der Waals surface area contributed by atoms with Gasteiger partial charge in [-0.1, -0.05) is 6.07 Å². The molecule has 0 aliphatic carbocycles. The summed E-state index contributed by atoms with van der Waals surface area (Å²) in [4.78, 5) is 8.00. The van der Waals surface area contributed by atoms with E-state index in [1.807, 2.05) is 6.07 Å². The molecule has 5 nitrogen and oxygen atoms in total. The zero-order chi connectivity index (χ0) is 16.9. The Balaban J connectivity index is 1.80. The summed E-state index contributed by atoms with van der Waals surface area (Å²) in [6, 6.07) is 13.9. The molecule has 3 aromatic rings. The van der Waals surface area contributed by atoms with Crippen LogP contribution < -0.4 is 10.6 Å². The van der Waals surface area contributed by atoms with Crippen LogP contribution in [0.1, 0.15) is 5.56 Å². The van der Waals surface area contributed by atoms with Crippen LogP contribution in [0.5, 0.6) is 0 Å². The minimum Gasteiger partial charge on any atom is -0.340 e. The first-order chi connectivity index (χ1) is 11.7. The van der Waals surface area contributed by atoms with Crippen molar-refractivity contribution in [2.45, 2.75) is 0 Å². The fourth-order valence-corrected chi connectivity index (χ4v) is 2.02. The molecular weight excluding hydrogens is 312 g/mol. The lowest BCUT2D eigenvalue weighted by atomic mass is 10.2. The summed E-state index contributed by atoms with van der Waals surface area (Å²) in [5.41, 5.74) is 0.983. The Morgan fingerprint density at radius 3 is 2.12 bits per heavy atom. The van der Waals surface area contributed by atoms with E-state index >= 15 is 0 Å². The number of anilines is 4. The van der Waals surface area contributed by atoms with E-state index in [9.17, 15) is 8.78 Å². The molecule has 2 aromatic carbocycles. The summed E-state index contributed by atoms with van der Waals surface area (Å²) in [5, 5.41) is 14.4. The van der Waals surface area contributed by atoms with Crippen LogP contribution in [0.2, 0.25) is 0 Å². The van der Waals surface area contributed by atoms with Crippen molar-refractivity contribution in [1.82, 2.24) is 9.97 Å². The monoisotopic (exact) mass is 323 g/mol. The van der Waals surface area contributed by atoms with Gasteiger partial charge in [0.1, 0.15) is 35.3 Å². The van der Waals surface area contributed by atoms with Crippen molar-refractivity contribution < 1.29 is 8.78 Å². The van der Waals surface area contributed by atoms with E-state index in [1.54, 1.807) is 24.3 Å². The largest absolute Gasteiger partial charge is 0.340 e. The number of hydrogen-bond acceptors (Lipinski definition) is 5. The highest BCUT2D eigenvalue weighted by Crippen LogP contribution is 2.23. The number of halogens is 2. The Kier molecular flexibility index (Phi) is 4.29. The molecule has 0 atom stereocenters. The van der Waals surface area contributed by atoms with Crippen LogP contribution in [0.3, 0.4) is 0 Å². The maximum absolute atomic E-state index is 13.7. The number of nitriles is 1. The molecule has 0 fully saturated rings. The standard InChI is InChI=1S/C17H11F2N5/c18-13-2-1-3-14(19)17(13)24-16-8-15(21-10-22-16)23-12-6-4-11(9-20)5-7-12/h1-8,10H,(H2,21,22,23,24). The zero-order valence-electron chi connectivity index (χ0n) is 12.3. The third kappa shape index (κ3) is 3.44. The van der Waals surface area contributed by atoms with E-state index in [0.29, 0.717) is 11.4 Å². The van der Waals surface area contributed by atoms with Crippen molar-refractivity contribution in [3.63, 3.8) is 0 Å². The predicted octanol–water partition coefficient (Wildman–Crippen LogP) is 4.11. The van der Waals surface area contributed by atoms with Gasteiger partial charge in [0.05, 0.1) is 11.6 Å². The van der Waals surface area contributed by atoms with E-state index in [1.165, 1.54) is 18.5 Å².